The van der Waals surface area contributed by atoms with Crippen LogP contribution in [0.2, 0.25) is 0 Å². The van der Waals surface area contributed by atoms with E-state index in [9.17, 15) is 5.11 Å². The van der Waals surface area contributed by atoms with E-state index in [0.717, 1.165) is 16.7 Å². The van der Waals surface area contributed by atoms with Gasteiger partial charge in [0.1, 0.15) is 0 Å². The first-order chi connectivity index (χ1) is 12.8. The average molecular weight is 346 g/mol. The first kappa shape index (κ1) is 18.3. The Bertz CT molecular complexity index is 678. The van der Waals surface area contributed by atoms with Crippen LogP contribution in [0, 0.1) is 0 Å². The fraction of sp³-hybridized carbons (Fsp3) is 0.217. The van der Waals surface area contributed by atoms with Gasteiger partial charge in [-0.1, -0.05) is 91.0 Å². The van der Waals surface area contributed by atoms with Crippen LogP contribution in [0.1, 0.15) is 16.7 Å². The molecule has 0 aliphatic carbocycles. The molecule has 0 aromatic heterocycles. The number of nitrogens with one attached hydrogen (secondary N) is 2. The highest BCUT2D eigenvalue weighted by atomic mass is 16.3. The molecule has 3 heteroatoms. The standard InChI is InChI=1S/C23H26N2O/c1-24-17-22(18-26)25-23(19-11-5-2-6-12-19,20-13-7-3-8-14-20)21-15-9-4-10-16-21/h2-16,22,24-26H,17-18H2,1H3/t22-/m0/s1. The van der Waals surface area contributed by atoms with Gasteiger partial charge in [0.2, 0.25) is 0 Å². The third kappa shape index (κ3) is 3.70. The molecule has 0 heterocycles. The molecule has 0 unspecified atom stereocenters. The molecule has 0 saturated carbocycles. The molecule has 26 heavy (non-hydrogen) atoms. The Balaban J connectivity index is 2.24. The molecular formula is C23H26N2O. The van der Waals surface area contributed by atoms with Crippen molar-refractivity contribution in [2.45, 2.75) is 11.6 Å². The molecule has 3 nitrogen and oxygen atoms in total. The summed E-state index contributed by atoms with van der Waals surface area (Å²) in [5.74, 6) is 0. The summed E-state index contributed by atoms with van der Waals surface area (Å²) >= 11 is 0. The number of benzene rings is 3. The van der Waals surface area contributed by atoms with E-state index in [1.807, 2.05) is 25.2 Å². The zero-order chi connectivity index (χ0) is 18.2. The van der Waals surface area contributed by atoms with Crippen LogP contribution in [0.5, 0.6) is 0 Å². The van der Waals surface area contributed by atoms with Gasteiger partial charge in [0.15, 0.2) is 0 Å². The lowest BCUT2D eigenvalue weighted by Crippen LogP contribution is -2.53. The highest BCUT2D eigenvalue weighted by Crippen LogP contribution is 2.37. The van der Waals surface area contributed by atoms with Crippen molar-refractivity contribution in [1.82, 2.24) is 10.6 Å². The lowest BCUT2D eigenvalue weighted by atomic mass is 9.76. The Labute approximate surface area is 155 Å². The van der Waals surface area contributed by atoms with Crippen molar-refractivity contribution in [1.29, 1.82) is 0 Å². The second-order valence-electron chi connectivity index (χ2n) is 6.43. The Morgan fingerprint density at radius 3 is 1.42 bits per heavy atom. The van der Waals surface area contributed by atoms with E-state index in [0.29, 0.717) is 6.54 Å². The third-order valence-electron chi connectivity index (χ3n) is 4.71. The topological polar surface area (TPSA) is 44.3 Å². The number of aliphatic hydroxyl groups excluding tert-OH is 1. The Morgan fingerprint density at radius 2 is 1.12 bits per heavy atom. The number of likely N-dealkylation sites (N-methyl/N-ethyl adjacent to an activating group) is 1. The van der Waals surface area contributed by atoms with Crippen LogP contribution in [-0.4, -0.2) is 31.3 Å². The predicted molar refractivity (Wildman–Crippen MR) is 107 cm³/mol. The lowest BCUT2D eigenvalue weighted by molar-refractivity contribution is 0.220. The molecule has 0 bridgehead atoms. The normalized spacial score (nSPS) is 12.7. The molecule has 3 aromatic carbocycles. The third-order valence-corrected chi connectivity index (χ3v) is 4.71. The quantitative estimate of drug-likeness (QED) is 0.549. The van der Waals surface area contributed by atoms with Gasteiger partial charge in [-0.3, -0.25) is 5.32 Å². The largest absolute Gasteiger partial charge is 0.395 e. The van der Waals surface area contributed by atoms with Gasteiger partial charge < -0.3 is 10.4 Å². The molecule has 1 atom stereocenters. The van der Waals surface area contributed by atoms with Gasteiger partial charge in [-0.2, -0.15) is 0 Å². The van der Waals surface area contributed by atoms with Crippen LogP contribution in [0.4, 0.5) is 0 Å². The number of aliphatic hydroxyl groups is 1. The molecule has 3 N–H and O–H groups in total. The van der Waals surface area contributed by atoms with Gasteiger partial charge >= 0.3 is 0 Å². The summed E-state index contributed by atoms with van der Waals surface area (Å²) in [6, 6.07) is 31.2. The summed E-state index contributed by atoms with van der Waals surface area (Å²) in [4.78, 5) is 0. The predicted octanol–water partition coefficient (Wildman–Crippen LogP) is 3.15. The molecule has 0 amide bonds. The van der Waals surface area contributed by atoms with Crippen molar-refractivity contribution in [3.05, 3.63) is 108 Å². The fourth-order valence-corrected chi connectivity index (χ4v) is 3.53. The molecule has 0 aliphatic rings. The summed E-state index contributed by atoms with van der Waals surface area (Å²) in [5, 5.41) is 16.9. The van der Waals surface area contributed by atoms with Crippen LogP contribution in [0.15, 0.2) is 91.0 Å². The molecule has 0 radical (unpaired) electrons. The van der Waals surface area contributed by atoms with Crippen molar-refractivity contribution < 1.29 is 5.11 Å². The van der Waals surface area contributed by atoms with Gasteiger partial charge in [0.25, 0.3) is 0 Å². The zero-order valence-electron chi connectivity index (χ0n) is 15.1. The van der Waals surface area contributed by atoms with Gasteiger partial charge in [0, 0.05) is 12.6 Å². The van der Waals surface area contributed by atoms with Crippen molar-refractivity contribution in [2.75, 3.05) is 20.2 Å². The fourth-order valence-electron chi connectivity index (χ4n) is 3.53. The minimum atomic E-state index is -0.548. The van der Waals surface area contributed by atoms with Gasteiger partial charge in [-0.05, 0) is 23.7 Å². The SMILES string of the molecule is CNC[C@@H](CO)NC(c1ccccc1)(c1ccccc1)c1ccccc1. The van der Waals surface area contributed by atoms with Crippen LogP contribution in [0.25, 0.3) is 0 Å². The summed E-state index contributed by atoms with van der Waals surface area (Å²) in [5.41, 5.74) is 2.89. The zero-order valence-corrected chi connectivity index (χ0v) is 15.1. The highest BCUT2D eigenvalue weighted by molar-refractivity contribution is 5.49. The van der Waals surface area contributed by atoms with Crippen molar-refractivity contribution >= 4 is 0 Å². The molecule has 0 saturated heterocycles. The maximum Gasteiger partial charge on any atom is 0.0951 e. The number of rotatable bonds is 8. The van der Waals surface area contributed by atoms with E-state index in [4.69, 9.17) is 0 Å². The van der Waals surface area contributed by atoms with E-state index in [1.54, 1.807) is 0 Å². The Morgan fingerprint density at radius 1 is 0.731 bits per heavy atom. The summed E-state index contributed by atoms with van der Waals surface area (Å²) in [6.45, 7) is 0.722. The first-order valence-corrected chi connectivity index (χ1v) is 9.01. The second-order valence-corrected chi connectivity index (χ2v) is 6.43. The van der Waals surface area contributed by atoms with Crippen LogP contribution in [-0.2, 0) is 5.54 Å². The lowest BCUT2D eigenvalue weighted by Gasteiger charge is -2.40. The van der Waals surface area contributed by atoms with Gasteiger partial charge in [-0.25, -0.2) is 0 Å². The molecular weight excluding hydrogens is 320 g/mol. The summed E-state index contributed by atoms with van der Waals surface area (Å²) in [6.07, 6.45) is 0. The van der Waals surface area contributed by atoms with Gasteiger partial charge in [-0.15, -0.1) is 0 Å². The average Bonchev–Trinajstić information content (AvgIpc) is 2.73. The van der Waals surface area contributed by atoms with E-state index < -0.39 is 5.54 Å². The monoisotopic (exact) mass is 346 g/mol. The Hall–Kier alpha value is -2.46. The Kier molecular flexibility index (Phi) is 6.18. The molecule has 3 aromatic rings. The van der Waals surface area contributed by atoms with Crippen molar-refractivity contribution in [3.63, 3.8) is 0 Å². The molecule has 134 valence electrons. The minimum Gasteiger partial charge on any atom is -0.395 e. The molecule has 0 fully saturated rings. The smallest absolute Gasteiger partial charge is 0.0951 e. The highest BCUT2D eigenvalue weighted by Gasteiger charge is 2.37. The number of hydrogen-bond acceptors (Lipinski definition) is 3. The molecule has 3 rings (SSSR count). The van der Waals surface area contributed by atoms with E-state index >= 15 is 0 Å². The molecule has 0 aliphatic heterocycles. The second kappa shape index (κ2) is 8.77. The minimum absolute atomic E-state index is 0.0507. The summed E-state index contributed by atoms with van der Waals surface area (Å²) in [7, 11) is 1.90. The van der Waals surface area contributed by atoms with E-state index in [2.05, 4.69) is 83.4 Å². The van der Waals surface area contributed by atoms with Crippen molar-refractivity contribution in [2.24, 2.45) is 0 Å². The van der Waals surface area contributed by atoms with E-state index in [1.165, 1.54) is 0 Å². The number of hydrogen-bond donors (Lipinski definition) is 3. The van der Waals surface area contributed by atoms with Crippen LogP contribution < -0.4 is 10.6 Å². The first-order valence-electron chi connectivity index (χ1n) is 9.01. The maximum absolute atomic E-state index is 9.96. The van der Waals surface area contributed by atoms with E-state index in [-0.39, 0.29) is 12.6 Å². The maximum atomic E-state index is 9.96. The van der Waals surface area contributed by atoms with Crippen LogP contribution >= 0.6 is 0 Å². The van der Waals surface area contributed by atoms with Crippen molar-refractivity contribution in [3.8, 4) is 0 Å². The van der Waals surface area contributed by atoms with Crippen LogP contribution in [0.3, 0.4) is 0 Å². The van der Waals surface area contributed by atoms with Gasteiger partial charge in [0.05, 0.1) is 12.1 Å². The summed E-state index contributed by atoms with van der Waals surface area (Å²) < 4.78 is 0. The molecule has 0 spiro atoms.